The number of carbonyl (C=O) groups is 1. The molecule has 0 bridgehead atoms. The smallest absolute Gasteiger partial charge is 0.244 e. The molecular formula is C16H21ClN4O3S. The lowest BCUT2D eigenvalue weighted by Gasteiger charge is -2.35. The van der Waals surface area contributed by atoms with Gasteiger partial charge in [-0.1, -0.05) is 18.0 Å². The Morgan fingerprint density at radius 1 is 1.44 bits per heavy atom. The summed E-state index contributed by atoms with van der Waals surface area (Å²) in [5, 5.41) is 11.7. The molecule has 0 aromatic heterocycles. The van der Waals surface area contributed by atoms with Gasteiger partial charge in [-0.3, -0.25) is 4.79 Å². The Hall–Kier alpha value is -1.66. The molecule has 25 heavy (non-hydrogen) atoms. The minimum absolute atomic E-state index is 0.0200. The molecule has 1 fully saturated rings. The third-order valence-corrected chi connectivity index (χ3v) is 6.56. The molecule has 2 rings (SSSR count). The number of nitrogens with one attached hydrogen (secondary N) is 1. The minimum Gasteiger partial charge on any atom is -0.354 e. The molecule has 1 aromatic carbocycles. The highest BCUT2D eigenvalue weighted by Crippen LogP contribution is 2.30. The highest BCUT2D eigenvalue weighted by molar-refractivity contribution is 7.89. The maximum absolute atomic E-state index is 13.0. The molecule has 1 heterocycles. The van der Waals surface area contributed by atoms with Crippen LogP contribution in [0.1, 0.15) is 31.2 Å². The van der Waals surface area contributed by atoms with Crippen LogP contribution in [-0.2, 0) is 14.8 Å². The van der Waals surface area contributed by atoms with Gasteiger partial charge in [-0.2, -0.15) is 9.57 Å². The first-order chi connectivity index (χ1) is 11.9. The number of benzene rings is 1. The van der Waals surface area contributed by atoms with E-state index in [4.69, 9.17) is 22.6 Å². The molecule has 7 nitrogen and oxygen atoms in total. The van der Waals surface area contributed by atoms with Crippen LogP contribution in [-0.4, -0.2) is 44.3 Å². The fourth-order valence-corrected chi connectivity index (χ4v) is 5.06. The van der Waals surface area contributed by atoms with E-state index in [1.165, 1.54) is 22.5 Å². The fraction of sp³-hybridized carbons (Fsp3) is 0.500. The van der Waals surface area contributed by atoms with Gasteiger partial charge < -0.3 is 11.1 Å². The quantitative estimate of drug-likeness (QED) is 0.764. The zero-order chi connectivity index (χ0) is 18.4. The van der Waals surface area contributed by atoms with Gasteiger partial charge in [-0.15, -0.1) is 0 Å². The van der Waals surface area contributed by atoms with Crippen LogP contribution in [0, 0.1) is 11.3 Å². The molecule has 0 radical (unpaired) electrons. The van der Waals surface area contributed by atoms with Crippen molar-refractivity contribution in [3.63, 3.8) is 0 Å². The van der Waals surface area contributed by atoms with E-state index in [1.807, 2.05) is 6.07 Å². The second-order valence-electron chi connectivity index (χ2n) is 5.87. The molecule has 1 atom stereocenters. The van der Waals surface area contributed by atoms with Crippen LogP contribution in [0.25, 0.3) is 0 Å². The third kappa shape index (κ3) is 4.70. The second-order valence-corrected chi connectivity index (χ2v) is 8.13. The number of nitrogens with two attached hydrogens (primary N) is 1. The molecular weight excluding hydrogens is 364 g/mol. The monoisotopic (exact) mass is 384 g/mol. The summed E-state index contributed by atoms with van der Waals surface area (Å²) in [5.74, 6) is -0.193. The van der Waals surface area contributed by atoms with E-state index >= 15 is 0 Å². The van der Waals surface area contributed by atoms with E-state index in [2.05, 4.69) is 5.32 Å². The SMILES string of the molecule is N#Cc1ccc(S(=O)(=O)N2CCCCC2CNC(=O)CCN)c(Cl)c1. The number of amides is 1. The van der Waals surface area contributed by atoms with Gasteiger partial charge in [0, 0.05) is 32.1 Å². The summed E-state index contributed by atoms with van der Waals surface area (Å²) < 4.78 is 27.4. The Kier molecular flexibility index (Phi) is 6.79. The summed E-state index contributed by atoms with van der Waals surface area (Å²) in [7, 11) is -3.81. The van der Waals surface area contributed by atoms with Crippen LogP contribution in [0.2, 0.25) is 5.02 Å². The van der Waals surface area contributed by atoms with Crippen molar-refractivity contribution < 1.29 is 13.2 Å². The predicted molar refractivity (Wildman–Crippen MR) is 94.4 cm³/mol. The van der Waals surface area contributed by atoms with E-state index in [0.717, 1.165) is 12.8 Å². The van der Waals surface area contributed by atoms with Gasteiger partial charge in [0.15, 0.2) is 0 Å². The van der Waals surface area contributed by atoms with Crippen LogP contribution in [0.3, 0.4) is 0 Å². The van der Waals surface area contributed by atoms with Crippen LogP contribution in [0.15, 0.2) is 23.1 Å². The maximum atomic E-state index is 13.0. The van der Waals surface area contributed by atoms with Crippen molar-refractivity contribution in [1.82, 2.24) is 9.62 Å². The Balaban J connectivity index is 2.23. The Morgan fingerprint density at radius 2 is 2.20 bits per heavy atom. The number of rotatable bonds is 6. The lowest BCUT2D eigenvalue weighted by molar-refractivity contribution is -0.121. The van der Waals surface area contributed by atoms with Crippen LogP contribution in [0.5, 0.6) is 0 Å². The van der Waals surface area contributed by atoms with Crippen molar-refractivity contribution in [3.8, 4) is 6.07 Å². The minimum atomic E-state index is -3.81. The molecule has 9 heteroatoms. The number of piperidine rings is 1. The molecule has 1 saturated heterocycles. The van der Waals surface area contributed by atoms with Gasteiger partial charge in [0.1, 0.15) is 4.90 Å². The van der Waals surface area contributed by atoms with Crippen LogP contribution in [0.4, 0.5) is 0 Å². The number of nitriles is 1. The van der Waals surface area contributed by atoms with Gasteiger partial charge >= 0.3 is 0 Å². The van der Waals surface area contributed by atoms with Gasteiger partial charge in [-0.05, 0) is 31.0 Å². The molecule has 0 aliphatic carbocycles. The number of nitrogens with zero attached hydrogens (tertiary/aromatic N) is 2. The highest BCUT2D eigenvalue weighted by atomic mass is 35.5. The second kappa shape index (κ2) is 8.63. The zero-order valence-electron chi connectivity index (χ0n) is 13.7. The van der Waals surface area contributed by atoms with Crippen LogP contribution < -0.4 is 11.1 Å². The average Bonchev–Trinajstić information content (AvgIpc) is 2.60. The number of halogens is 1. The van der Waals surface area contributed by atoms with Crippen molar-refractivity contribution in [2.45, 2.75) is 36.6 Å². The third-order valence-electron chi connectivity index (χ3n) is 4.13. The Labute approximate surface area is 152 Å². The Bertz CT molecular complexity index is 776. The lowest BCUT2D eigenvalue weighted by atomic mass is 10.1. The molecule has 1 aliphatic rings. The van der Waals surface area contributed by atoms with Crippen molar-refractivity contribution in [3.05, 3.63) is 28.8 Å². The van der Waals surface area contributed by atoms with E-state index in [9.17, 15) is 13.2 Å². The van der Waals surface area contributed by atoms with Gasteiger partial charge in [0.05, 0.1) is 16.7 Å². The number of hydrogen-bond acceptors (Lipinski definition) is 5. The van der Waals surface area contributed by atoms with Crippen molar-refractivity contribution >= 4 is 27.5 Å². The van der Waals surface area contributed by atoms with E-state index in [-0.39, 0.29) is 41.4 Å². The lowest BCUT2D eigenvalue weighted by Crippen LogP contribution is -2.49. The zero-order valence-corrected chi connectivity index (χ0v) is 15.3. The molecule has 136 valence electrons. The fourth-order valence-electron chi connectivity index (χ4n) is 2.85. The summed E-state index contributed by atoms with van der Waals surface area (Å²) in [4.78, 5) is 11.6. The summed E-state index contributed by atoms with van der Waals surface area (Å²) in [6, 6.07) is 5.73. The van der Waals surface area contributed by atoms with Crippen molar-refractivity contribution in [1.29, 1.82) is 5.26 Å². The first-order valence-electron chi connectivity index (χ1n) is 8.08. The maximum Gasteiger partial charge on any atom is 0.244 e. The topological polar surface area (TPSA) is 116 Å². The van der Waals surface area contributed by atoms with E-state index in [1.54, 1.807) is 0 Å². The largest absolute Gasteiger partial charge is 0.354 e. The normalized spacial score (nSPS) is 18.5. The predicted octanol–water partition coefficient (Wildman–Crippen LogP) is 1.22. The number of hydrogen-bond donors (Lipinski definition) is 2. The summed E-state index contributed by atoms with van der Waals surface area (Å²) in [5.41, 5.74) is 5.65. The first kappa shape index (κ1) is 19.7. The van der Waals surface area contributed by atoms with E-state index < -0.39 is 10.0 Å². The van der Waals surface area contributed by atoms with Gasteiger partial charge in [0.2, 0.25) is 15.9 Å². The standard InChI is InChI=1S/C16H21ClN4O3S/c17-14-9-12(10-19)4-5-15(14)25(23,24)21-8-2-1-3-13(21)11-20-16(22)6-7-18/h4-5,9,13H,1-3,6-8,11,18H2,(H,20,22). The molecule has 1 unspecified atom stereocenters. The van der Waals surface area contributed by atoms with E-state index in [0.29, 0.717) is 18.5 Å². The molecule has 0 saturated carbocycles. The molecule has 3 N–H and O–H groups in total. The van der Waals surface area contributed by atoms with Crippen molar-refractivity contribution in [2.24, 2.45) is 5.73 Å². The van der Waals surface area contributed by atoms with Gasteiger partial charge in [-0.25, -0.2) is 8.42 Å². The number of carbonyl (C=O) groups excluding carboxylic acids is 1. The summed E-state index contributed by atoms with van der Waals surface area (Å²) in [6.07, 6.45) is 2.52. The van der Waals surface area contributed by atoms with Crippen LogP contribution >= 0.6 is 11.6 Å². The first-order valence-corrected chi connectivity index (χ1v) is 9.90. The highest BCUT2D eigenvalue weighted by Gasteiger charge is 2.34. The van der Waals surface area contributed by atoms with Crippen molar-refractivity contribution in [2.75, 3.05) is 19.6 Å². The summed E-state index contributed by atoms with van der Waals surface area (Å²) >= 11 is 6.09. The molecule has 0 spiro atoms. The molecule has 1 aliphatic heterocycles. The average molecular weight is 385 g/mol. The summed E-state index contributed by atoms with van der Waals surface area (Å²) in [6.45, 7) is 0.863. The van der Waals surface area contributed by atoms with Gasteiger partial charge in [0.25, 0.3) is 0 Å². The molecule has 1 amide bonds. The number of sulfonamides is 1. The Morgan fingerprint density at radius 3 is 2.84 bits per heavy atom. The molecule has 1 aromatic rings.